The summed E-state index contributed by atoms with van der Waals surface area (Å²) in [6.07, 6.45) is 0.990. The first-order chi connectivity index (χ1) is 8.66. The lowest BCUT2D eigenvalue weighted by atomic mass is 10.1. The molecule has 0 aliphatic carbocycles. The molecule has 1 aliphatic rings. The predicted octanol–water partition coefficient (Wildman–Crippen LogP) is 1.69. The highest BCUT2D eigenvalue weighted by Gasteiger charge is 2.22. The molecule has 1 heterocycles. The molecule has 0 saturated carbocycles. The molecule has 0 spiro atoms. The van der Waals surface area contributed by atoms with Crippen LogP contribution in [0.3, 0.4) is 0 Å². The smallest absolute Gasteiger partial charge is 0.224 e. The molecule has 18 heavy (non-hydrogen) atoms. The largest absolute Gasteiger partial charge is 0.389 e. The Morgan fingerprint density at radius 1 is 1.56 bits per heavy atom. The van der Waals surface area contributed by atoms with E-state index in [0.717, 1.165) is 29.1 Å². The molecule has 0 bridgehead atoms. The molecule has 1 atom stereocenters. The minimum Gasteiger partial charge on any atom is -0.389 e. The van der Waals surface area contributed by atoms with Gasteiger partial charge in [0.2, 0.25) is 5.91 Å². The Kier molecular flexibility index (Phi) is 4.60. The highest BCUT2D eigenvalue weighted by Crippen LogP contribution is 2.23. The van der Waals surface area contributed by atoms with Crippen molar-refractivity contribution >= 4 is 34.9 Å². The molecule has 1 unspecified atom stereocenters. The fourth-order valence-corrected chi connectivity index (χ4v) is 3.26. The third-order valence-corrected chi connectivity index (χ3v) is 4.38. The van der Waals surface area contributed by atoms with Crippen molar-refractivity contribution in [3.8, 4) is 0 Å². The van der Waals surface area contributed by atoms with Gasteiger partial charge >= 0.3 is 0 Å². The van der Waals surface area contributed by atoms with E-state index in [1.165, 1.54) is 0 Å². The van der Waals surface area contributed by atoms with E-state index >= 15 is 0 Å². The number of nitrogens with one attached hydrogen (secondary N) is 1. The molecule has 3 nitrogen and oxygen atoms in total. The number of amides is 1. The minimum atomic E-state index is 0.153. The lowest BCUT2D eigenvalue weighted by Gasteiger charge is -2.10. The maximum absolute atomic E-state index is 11.9. The van der Waals surface area contributed by atoms with E-state index in [-0.39, 0.29) is 11.8 Å². The Morgan fingerprint density at radius 2 is 2.39 bits per heavy atom. The van der Waals surface area contributed by atoms with Gasteiger partial charge in [-0.3, -0.25) is 4.79 Å². The van der Waals surface area contributed by atoms with E-state index in [4.69, 9.17) is 18.0 Å². The topological polar surface area (TPSA) is 55.1 Å². The zero-order valence-electron chi connectivity index (χ0n) is 10.0. The summed E-state index contributed by atoms with van der Waals surface area (Å²) in [4.78, 5) is 12.2. The summed E-state index contributed by atoms with van der Waals surface area (Å²) in [7, 11) is 0. The van der Waals surface area contributed by atoms with E-state index in [0.29, 0.717) is 11.5 Å². The Morgan fingerprint density at radius 3 is 3.06 bits per heavy atom. The van der Waals surface area contributed by atoms with Crippen LogP contribution >= 0.6 is 24.0 Å². The van der Waals surface area contributed by atoms with Crippen molar-refractivity contribution in [2.45, 2.75) is 13.0 Å². The van der Waals surface area contributed by atoms with Gasteiger partial charge in [-0.25, -0.2) is 0 Å². The molecule has 1 fully saturated rings. The molecule has 1 aliphatic heterocycles. The molecule has 0 aromatic heterocycles. The van der Waals surface area contributed by atoms with Crippen molar-refractivity contribution in [1.82, 2.24) is 5.32 Å². The van der Waals surface area contributed by atoms with Gasteiger partial charge in [0.25, 0.3) is 0 Å². The molecule has 1 aromatic carbocycles. The number of nitrogens with two attached hydrogens (primary N) is 1. The average molecular weight is 280 g/mol. The second-order valence-corrected chi connectivity index (χ2v) is 5.93. The molecule has 3 N–H and O–H groups in total. The lowest BCUT2D eigenvalue weighted by Crippen LogP contribution is -2.30. The average Bonchev–Trinajstić information content (AvgIpc) is 2.90. The lowest BCUT2D eigenvalue weighted by molar-refractivity contribution is -0.124. The monoisotopic (exact) mass is 280 g/mol. The van der Waals surface area contributed by atoms with Gasteiger partial charge in [-0.15, -0.1) is 0 Å². The zero-order chi connectivity index (χ0) is 13.0. The molecule has 1 amide bonds. The number of thiocarbonyl (C=S) groups is 1. The van der Waals surface area contributed by atoms with Gasteiger partial charge in [0, 0.05) is 23.8 Å². The SMILES string of the molecule is NC(=S)c1cccc(CNC(=O)C2CCSC2)c1. The number of carbonyl (C=O) groups excluding carboxylic acids is 1. The highest BCUT2D eigenvalue weighted by atomic mass is 32.2. The minimum absolute atomic E-state index is 0.153. The fourth-order valence-electron chi connectivity index (χ4n) is 1.91. The molecule has 2 rings (SSSR count). The number of hydrogen-bond acceptors (Lipinski definition) is 3. The molecule has 5 heteroatoms. The quantitative estimate of drug-likeness (QED) is 0.824. The van der Waals surface area contributed by atoms with E-state index in [2.05, 4.69) is 5.32 Å². The summed E-state index contributed by atoms with van der Waals surface area (Å²) in [6.45, 7) is 0.538. The first-order valence-electron chi connectivity index (χ1n) is 5.91. The third-order valence-electron chi connectivity index (χ3n) is 2.98. The number of benzene rings is 1. The fraction of sp³-hybridized carbons (Fsp3) is 0.385. The van der Waals surface area contributed by atoms with E-state index in [1.54, 1.807) is 0 Å². The summed E-state index contributed by atoms with van der Waals surface area (Å²) < 4.78 is 0. The second-order valence-electron chi connectivity index (χ2n) is 4.34. The maximum atomic E-state index is 11.9. The van der Waals surface area contributed by atoms with Gasteiger partial charge in [-0.1, -0.05) is 30.4 Å². The van der Waals surface area contributed by atoms with Crippen LogP contribution in [-0.4, -0.2) is 22.4 Å². The summed E-state index contributed by atoms with van der Waals surface area (Å²) in [6, 6.07) is 7.67. The summed E-state index contributed by atoms with van der Waals surface area (Å²) in [5.74, 6) is 2.36. The Hall–Kier alpha value is -1.07. The molecular weight excluding hydrogens is 264 g/mol. The predicted molar refractivity (Wildman–Crippen MR) is 79.6 cm³/mol. The van der Waals surface area contributed by atoms with Crippen LogP contribution in [0.25, 0.3) is 0 Å². The standard InChI is InChI=1S/C13H16N2OS2/c14-12(17)10-3-1-2-9(6-10)7-15-13(16)11-4-5-18-8-11/h1-3,6,11H,4-5,7-8H2,(H2,14,17)(H,15,16). The van der Waals surface area contributed by atoms with Crippen LogP contribution in [-0.2, 0) is 11.3 Å². The first kappa shape index (κ1) is 13.4. The summed E-state index contributed by atoms with van der Waals surface area (Å²) in [5, 5.41) is 2.97. The first-order valence-corrected chi connectivity index (χ1v) is 7.47. The molecule has 1 aromatic rings. The van der Waals surface area contributed by atoms with Crippen LogP contribution in [0.5, 0.6) is 0 Å². The normalized spacial score (nSPS) is 18.6. The van der Waals surface area contributed by atoms with Crippen LogP contribution < -0.4 is 11.1 Å². The van der Waals surface area contributed by atoms with Gasteiger partial charge < -0.3 is 11.1 Å². The van der Waals surface area contributed by atoms with E-state index in [1.807, 2.05) is 36.0 Å². The van der Waals surface area contributed by atoms with Crippen molar-refractivity contribution in [2.75, 3.05) is 11.5 Å². The van der Waals surface area contributed by atoms with Gasteiger partial charge in [-0.05, 0) is 23.8 Å². The van der Waals surface area contributed by atoms with Gasteiger partial charge in [0.05, 0.1) is 0 Å². The van der Waals surface area contributed by atoms with Crippen LogP contribution in [0.1, 0.15) is 17.5 Å². The van der Waals surface area contributed by atoms with Crippen LogP contribution in [0.15, 0.2) is 24.3 Å². The maximum Gasteiger partial charge on any atom is 0.224 e. The highest BCUT2D eigenvalue weighted by molar-refractivity contribution is 7.99. The molecule has 0 radical (unpaired) electrons. The second kappa shape index (κ2) is 6.20. The summed E-state index contributed by atoms with van der Waals surface area (Å²) >= 11 is 6.78. The van der Waals surface area contributed by atoms with Gasteiger partial charge in [0.1, 0.15) is 4.99 Å². The molecule has 1 saturated heterocycles. The van der Waals surface area contributed by atoms with Gasteiger partial charge in [-0.2, -0.15) is 11.8 Å². The number of rotatable bonds is 4. The van der Waals surface area contributed by atoms with Crippen LogP contribution in [0.4, 0.5) is 0 Å². The summed E-state index contributed by atoms with van der Waals surface area (Å²) in [5.41, 5.74) is 7.45. The van der Waals surface area contributed by atoms with Crippen molar-refractivity contribution < 1.29 is 4.79 Å². The van der Waals surface area contributed by atoms with E-state index in [9.17, 15) is 4.79 Å². The van der Waals surface area contributed by atoms with Crippen LogP contribution in [0, 0.1) is 5.92 Å². The molecule has 96 valence electrons. The molecular formula is C13H16N2OS2. The Balaban J connectivity index is 1.91. The van der Waals surface area contributed by atoms with Crippen molar-refractivity contribution in [3.05, 3.63) is 35.4 Å². The van der Waals surface area contributed by atoms with Crippen molar-refractivity contribution in [2.24, 2.45) is 11.7 Å². The Labute approximate surface area is 117 Å². The number of hydrogen-bond donors (Lipinski definition) is 2. The van der Waals surface area contributed by atoms with Crippen LogP contribution in [0.2, 0.25) is 0 Å². The zero-order valence-corrected chi connectivity index (χ0v) is 11.7. The number of thioether (sulfide) groups is 1. The van der Waals surface area contributed by atoms with Crippen molar-refractivity contribution in [3.63, 3.8) is 0 Å². The number of carbonyl (C=O) groups is 1. The van der Waals surface area contributed by atoms with E-state index < -0.39 is 0 Å². The third kappa shape index (κ3) is 3.46. The van der Waals surface area contributed by atoms with Crippen molar-refractivity contribution in [1.29, 1.82) is 0 Å². The van der Waals surface area contributed by atoms with Gasteiger partial charge in [0.15, 0.2) is 0 Å². The Bertz CT molecular complexity index is 456.